The van der Waals surface area contributed by atoms with Crippen molar-refractivity contribution in [2.75, 3.05) is 18.5 Å². The topological polar surface area (TPSA) is 56.0 Å². The summed E-state index contributed by atoms with van der Waals surface area (Å²) in [7, 11) is 0. The molecule has 0 aromatic heterocycles. The van der Waals surface area contributed by atoms with Crippen LogP contribution >= 0.6 is 0 Å². The van der Waals surface area contributed by atoms with Crippen molar-refractivity contribution in [3.05, 3.63) is 29.3 Å². The van der Waals surface area contributed by atoms with Crippen molar-refractivity contribution in [2.45, 2.75) is 19.8 Å². The normalized spacial score (nSPS) is 9.67. The fraction of sp³-hybridized carbons (Fsp3) is 0.417. The number of aliphatic hydroxyl groups is 1. The summed E-state index contributed by atoms with van der Waals surface area (Å²) in [6.45, 7) is 2.98. The van der Waals surface area contributed by atoms with Gasteiger partial charge in [-0.15, -0.1) is 0 Å². The molecule has 2 N–H and O–H groups in total. The van der Waals surface area contributed by atoms with Gasteiger partial charge >= 0.3 is 0 Å². The van der Waals surface area contributed by atoms with Crippen molar-refractivity contribution in [3.8, 4) is 6.07 Å². The van der Waals surface area contributed by atoms with Crippen molar-refractivity contribution in [2.24, 2.45) is 0 Å². The number of nitriles is 1. The first-order chi connectivity index (χ1) is 7.27. The molecule has 0 spiro atoms. The number of nitrogens with one attached hydrogen (secondary N) is 1. The molecule has 0 bridgehead atoms. The van der Waals surface area contributed by atoms with Gasteiger partial charge in [0.05, 0.1) is 11.3 Å². The van der Waals surface area contributed by atoms with Gasteiger partial charge in [-0.05, 0) is 37.5 Å². The smallest absolute Gasteiger partial charge is 0.101 e. The van der Waals surface area contributed by atoms with Crippen molar-refractivity contribution in [3.63, 3.8) is 0 Å². The first kappa shape index (κ1) is 11.5. The van der Waals surface area contributed by atoms with E-state index < -0.39 is 0 Å². The molecule has 80 valence electrons. The van der Waals surface area contributed by atoms with Crippen LogP contribution in [0.2, 0.25) is 0 Å². The Morgan fingerprint density at radius 2 is 2.20 bits per heavy atom. The SMILES string of the molecule is Cc1ccc(NCCCCO)c(C#N)c1. The van der Waals surface area contributed by atoms with E-state index in [1.807, 2.05) is 25.1 Å². The summed E-state index contributed by atoms with van der Waals surface area (Å²) in [6, 6.07) is 7.94. The second kappa shape index (κ2) is 6.05. The van der Waals surface area contributed by atoms with Gasteiger partial charge in [-0.1, -0.05) is 6.07 Å². The van der Waals surface area contributed by atoms with Gasteiger partial charge in [-0.2, -0.15) is 5.26 Å². The van der Waals surface area contributed by atoms with Gasteiger partial charge < -0.3 is 10.4 Å². The van der Waals surface area contributed by atoms with E-state index >= 15 is 0 Å². The zero-order chi connectivity index (χ0) is 11.1. The first-order valence-corrected chi connectivity index (χ1v) is 5.13. The molecule has 0 aliphatic rings. The van der Waals surface area contributed by atoms with Crippen molar-refractivity contribution < 1.29 is 5.11 Å². The van der Waals surface area contributed by atoms with Crippen molar-refractivity contribution in [1.82, 2.24) is 0 Å². The van der Waals surface area contributed by atoms with E-state index in [4.69, 9.17) is 10.4 Å². The van der Waals surface area contributed by atoms with Gasteiger partial charge in [0.2, 0.25) is 0 Å². The molecule has 0 radical (unpaired) electrons. The van der Waals surface area contributed by atoms with E-state index in [0.717, 1.165) is 30.6 Å². The van der Waals surface area contributed by atoms with Gasteiger partial charge in [0.25, 0.3) is 0 Å². The van der Waals surface area contributed by atoms with Crippen molar-refractivity contribution >= 4 is 5.69 Å². The van der Waals surface area contributed by atoms with Crippen LogP contribution in [0, 0.1) is 18.3 Å². The van der Waals surface area contributed by atoms with Gasteiger partial charge in [-0.3, -0.25) is 0 Å². The van der Waals surface area contributed by atoms with Crippen LogP contribution in [-0.4, -0.2) is 18.3 Å². The largest absolute Gasteiger partial charge is 0.396 e. The Hall–Kier alpha value is -1.53. The van der Waals surface area contributed by atoms with Crippen LogP contribution in [0.25, 0.3) is 0 Å². The summed E-state index contributed by atoms with van der Waals surface area (Å²) in [5.74, 6) is 0. The summed E-state index contributed by atoms with van der Waals surface area (Å²) in [5, 5.41) is 20.7. The molecular formula is C12H16N2O. The lowest BCUT2D eigenvalue weighted by atomic mass is 10.1. The molecule has 0 saturated carbocycles. The van der Waals surface area contributed by atoms with Gasteiger partial charge in [0.1, 0.15) is 6.07 Å². The monoisotopic (exact) mass is 204 g/mol. The third-order valence-corrected chi connectivity index (χ3v) is 2.20. The maximum absolute atomic E-state index is 8.92. The Kier molecular flexibility index (Phi) is 4.65. The summed E-state index contributed by atoms with van der Waals surface area (Å²) in [5.41, 5.74) is 2.65. The van der Waals surface area contributed by atoms with Gasteiger partial charge in [-0.25, -0.2) is 0 Å². The average Bonchev–Trinajstić information content (AvgIpc) is 2.26. The molecule has 0 saturated heterocycles. The molecule has 1 rings (SSSR count). The lowest BCUT2D eigenvalue weighted by molar-refractivity contribution is 0.286. The minimum atomic E-state index is 0.223. The summed E-state index contributed by atoms with van der Waals surface area (Å²) in [4.78, 5) is 0. The second-order valence-corrected chi connectivity index (χ2v) is 3.52. The molecule has 3 heteroatoms. The van der Waals surface area contributed by atoms with Crippen molar-refractivity contribution in [1.29, 1.82) is 5.26 Å². The quantitative estimate of drug-likeness (QED) is 0.722. The summed E-state index contributed by atoms with van der Waals surface area (Å²) >= 11 is 0. The summed E-state index contributed by atoms with van der Waals surface area (Å²) < 4.78 is 0. The van der Waals surface area contributed by atoms with E-state index in [9.17, 15) is 0 Å². The highest BCUT2D eigenvalue weighted by Crippen LogP contribution is 2.16. The fourth-order valence-corrected chi connectivity index (χ4v) is 1.36. The standard InChI is InChI=1S/C12H16N2O/c1-10-4-5-12(11(8-10)9-13)14-6-2-3-7-15/h4-5,8,14-15H,2-3,6-7H2,1H3. The van der Waals surface area contributed by atoms with E-state index in [-0.39, 0.29) is 6.61 Å². The number of benzene rings is 1. The number of aryl methyl sites for hydroxylation is 1. The highest BCUT2D eigenvalue weighted by Gasteiger charge is 2.00. The van der Waals surface area contributed by atoms with Crippen LogP contribution in [0.15, 0.2) is 18.2 Å². The van der Waals surface area contributed by atoms with Crippen LogP contribution in [0.3, 0.4) is 0 Å². The Balaban J connectivity index is 2.57. The maximum atomic E-state index is 8.92. The predicted molar refractivity (Wildman–Crippen MR) is 60.7 cm³/mol. The molecule has 0 atom stereocenters. The highest BCUT2D eigenvalue weighted by molar-refractivity contribution is 5.58. The number of anilines is 1. The Morgan fingerprint density at radius 1 is 1.40 bits per heavy atom. The number of rotatable bonds is 5. The van der Waals surface area contributed by atoms with E-state index in [0.29, 0.717) is 5.56 Å². The molecule has 3 nitrogen and oxygen atoms in total. The number of hydrogen-bond acceptors (Lipinski definition) is 3. The molecule has 0 unspecified atom stereocenters. The Morgan fingerprint density at radius 3 is 2.87 bits per heavy atom. The fourth-order valence-electron chi connectivity index (χ4n) is 1.36. The molecule has 0 aliphatic heterocycles. The molecular weight excluding hydrogens is 188 g/mol. The van der Waals surface area contributed by atoms with E-state index in [1.165, 1.54) is 0 Å². The van der Waals surface area contributed by atoms with E-state index in [1.54, 1.807) is 0 Å². The Labute approximate surface area is 90.4 Å². The molecule has 0 heterocycles. The number of aliphatic hydroxyl groups excluding tert-OH is 1. The molecule has 0 aliphatic carbocycles. The summed E-state index contributed by atoms with van der Waals surface area (Å²) in [6.07, 6.45) is 1.70. The molecule has 0 amide bonds. The van der Waals surface area contributed by atoms with Crippen LogP contribution < -0.4 is 5.32 Å². The minimum absolute atomic E-state index is 0.223. The molecule has 15 heavy (non-hydrogen) atoms. The lowest BCUT2D eigenvalue weighted by Gasteiger charge is -2.08. The van der Waals surface area contributed by atoms with Gasteiger partial charge in [0, 0.05) is 13.2 Å². The highest BCUT2D eigenvalue weighted by atomic mass is 16.2. The lowest BCUT2D eigenvalue weighted by Crippen LogP contribution is -2.04. The van der Waals surface area contributed by atoms with Crippen LogP contribution in [0.4, 0.5) is 5.69 Å². The molecule has 1 aromatic carbocycles. The van der Waals surface area contributed by atoms with Crippen LogP contribution in [0.1, 0.15) is 24.0 Å². The number of hydrogen-bond donors (Lipinski definition) is 2. The molecule has 0 fully saturated rings. The minimum Gasteiger partial charge on any atom is -0.396 e. The van der Waals surface area contributed by atoms with E-state index in [2.05, 4.69) is 11.4 Å². The number of nitrogens with zero attached hydrogens (tertiary/aromatic N) is 1. The maximum Gasteiger partial charge on any atom is 0.101 e. The van der Waals surface area contributed by atoms with Crippen LogP contribution in [0.5, 0.6) is 0 Å². The van der Waals surface area contributed by atoms with Gasteiger partial charge in [0.15, 0.2) is 0 Å². The Bertz CT molecular complexity index is 355. The number of unbranched alkanes of at least 4 members (excludes halogenated alkanes) is 1. The zero-order valence-electron chi connectivity index (χ0n) is 8.95. The third-order valence-electron chi connectivity index (χ3n) is 2.20. The molecule has 1 aromatic rings. The zero-order valence-corrected chi connectivity index (χ0v) is 8.95. The average molecular weight is 204 g/mol. The van der Waals surface area contributed by atoms with Crippen LogP contribution in [-0.2, 0) is 0 Å². The first-order valence-electron chi connectivity index (χ1n) is 5.13. The second-order valence-electron chi connectivity index (χ2n) is 3.52. The third kappa shape index (κ3) is 3.61. The predicted octanol–water partition coefficient (Wildman–Crippen LogP) is 2.05.